The van der Waals surface area contributed by atoms with Crippen molar-refractivity contribution in [2.75, 3.05) is 44.2 Å². The van der Waals surface area contributed by atoms with E-state index < -0.39 is 0 Å². The SMILES string of the molecule is NCCCCN1CCN(c2ccc(Cl)cc2)CC1. The number of rotatable bonds is 5. The van der Waals surface area contributed by atoms with E-state index in [9.17, 15) is 0 Å². The number of nitrogens with zero attached hydrogens (tertiary/aromatic N) is 2. The summed E-state index contributed by atoms with van der Waals surface area (Å²) >= 11 is 5.91. The van der Waals surface area contributed by atoms with Crippen LogP contribution in [0.25, 0.3) is 0 Å². The van der Waals surface area contributed by atoms with E-state index in [-0.39, 0.29) is 0 Å². The normalized spacial score (nSPS) is 17.1. The summed E-state index contributed by atoms with van der Waals surface area (Å²) in [6, 6.07) is 8.13. The monoisotopic (exact) mass is 267 g/mol. The number of benzene rings is 1. The molecule has 1 fully saturated rings. The van der Waals surface area contributed by atoms with Crippen LogP contribution < -0.4 is 10.6 Å². The molecule has 2 N–H and O–H groups in total. The molecule has 1 heterocycles. The van der Waals surface area contributed by atoms with E-state index in [1.807, 2.05) is 12.1 Å². The van der Waals surface area contributed by atoms with Gasteiger partial charge in [0.15, 0.2) is 0 Å². The van der Waals surface area contributed by atoms with Gasteiger partial charge in [0.25, 0.3) is 0 Å². The number of nitrogens with two attached hydrogens (primary N) is 1. The lowest BCUT2D eigenvalue weighted by Gasteiger charge is -2.36. The van der Waals surface area contributed by atoms with Gasteiger partial charge in [0.1, 0.15) is 0 Å². The van der Waals surface area contributed by atoms with E-state index >= 15 is 0 Å². The minimum absolute atomic E-state index is 0.805. The maximum atomic E-state index is 5.91. The largest absolute Gasteiger partial charge is 0.369 e. The highest BCUT2D eigenvalue weighted by molar-refractivity contribution is 6.30. The summed E-state index contributed by atoms with van der Waals surface area (Å²) in [7, 11) is 0. The lowest BCUT2D eigenvalue weighted by atomic mass is 10.2. The molecule has 0 amide bonds. The van der Waals surface area contributed by atoms with Crippen LogP contribution in [-0.2, 0) is 0 Å². The first-order chi connectivity index (χ1) is 8.79. The predicted octanol–water partition coefficient (Wildman–Crippen LogP) is 2.20. The van der Waals surface area contributed by atoms with Crippen LogP contribution in [0, 0.1) is 0 Å². The standard InChI is InChI=1S/C14H22ClN3/c15-13-3-5-14(6-4-13)18-11-9-17(10-12-18)8-2-1-7-16/h3-6H,1-2,7-12,16H2. The lowest BCUT2D eigenvalue weighted by Crippen LogP contribution is -2.46. The van der Waals surface area contributed by atoms with E-state index in [1.165, 1.54) is 18.7 Å². The molecule has 1 aromatic carbocycles. The van der Waals surface area contributed by atoms with Gasteiger partial charge in [-0.2, -0.15) is 0 Å². The maximum Gasteiger partial charge on any atom is 0.0407 e. The fourth-order valence-corrected chi connectivity index (χ4v) is 2.49. The Balaban J connectivity index is 1.77. The van der Waals surface area contributed by atoms with E-state index in [2.05, 4.69) is 21.9 Å². The molecule has 0 saturated carbocycles. The van der Waals surface area contributed by atoms with Crippen LogP contribution in [0.1, 0.15) is 12.8 Å². The molecule has 3 nitrogen and oxygen atoms in total. The average molecular weight is 268 g/mol. The van der Waals surface area contributed by atoms with Crippen molar-refractivity contribution >= 4 is 17.3 Å². The summed E-state index contributed by atoms with van der Waals surface area (Å²) in [5.74, 6) is 0. The highest BCUT2D eigenvalue weighted by atomic mass is 35.5. The van der Waals surface area contributed by atoms with Gasteiger partial charge in [0.2, 0.25) is 0 Å². The number of anilines is 1. The topological polar surface area (TPSA) is 32.5 Å². The lowest BCUT2D eigenvalue weighted by molar-refractivity contribution is 0.253. The number of hydrogen-bond donors (Lipinski definition) is 1. The number of halogens is 1. The van der Waals surface area contributed by atoms with Crippen molar-refractivity contribution < 1.29 is 0 Å². The zero-order chi connectivity index (χ0) is 12.8. The predicted molar refractivity (Wildman–Crippen MR) is 78.4 cm³/mol. The molecule has 0 atom stereocenters. The van der Waals surface area contributed by atoms with Crippen molar-refractivity contribution in [1.82, 2.24) is 4.90 Å². The highest BCUT2D eigenvalue weighted by Crippen LogP contribution is 2.19. The summed E-state index contributed by atoms with van der Waals surface area (Å²) in [5, 5.41) is 0.805. The van der Waals surface area contributed by atoms with Gasteiger partial charge < -0.3 is 10.6 Å². The van der Waals surface area contributed by atoms with Crippen LogP contribution in [0.4, 0.5) is 5.69 Å². The van der Waals surface area contributed by atoms with E-state index in [4.69, 9.17) is 17.3 Å². The molecule has 18 heavy (non-hydrogen) atoms. The molecule has 100 valence electrons. The van der Waals surface area contributed by atoms with E-state index in [0.29, 0.717) is 0 Å². The number of unbranched alkanes of at least 4 members (excludes halogenated alkanes) is 1. The number of hydrogen-bond acceptors (Lipinski definition) is 3. The Hall–Kier alpha value is -0.770. The molecule has 0 aromatic heterocycles. The summed E-state index contributed by atoms with van der Waals surface area (Å²) in [5.41, 5.74) is 6.80. The van der Waals surface area contributed by atoms with Crippen LogP contribution >= 0.6 is 11.6 Å². The third kappa shape index (κ3) is 3.87. The summed E-state index contributed by atoms with van der Waals surface area (Å²) in [6.07, 6.45) is 2.36. The summed E-state index contributed by atoms with van der Waals surface area (Å²) in [6.45, 7) is 6.49. The second-order valence-corrected chi connectivity index (χ2v) is 5.24. The van der Waals surface area contributed by atoms with Gasteiger partial charge in [-0.05, 0) is 50.2 Å². The molecule has 0 bridgehead atoms. The van der Waals surface area contributed by atoms with Crippen molar-refractivity contribution in [3.05, 3.63) is 29.3 Å². The van der Waals surface area contributed by atoms with Gasteiger partial charge in [-0.25, -0.2) is 0 Å². The molecule has 1 aliphatic heterocycles. The Morgan fingerprint density at radius 1 is 1.00 bits per heavy atom. The fourth-order valence-electron chi connectivity index (χ4n) is 2.36. The first kappa shape index (κ1) is 13.7. The second-order valence-electron chi connectivity index (χ2n) is 4.80. The first-order valence-corrected chi connectivity index (χ1v) is 7.10. The molecule has 0 unspecified atom stereocenters. The molecular weight excluding hydrogens is 246 g/mol. The Bertz CT molecular complexity index is 345. The van der Waals surface area contributed by atoms with Gasteiger partial charge >= 0.3 is 0 Å². The molecule has 2 rings (SSSR count). The zero-order valence-electron chi connectivity index (χ0n) is 10.8. The van der Waals surface area contributed by atoms with Crippen molar-refractivity contribution in [2.24, 2.45) is 5.73 Å². The Kier molecular flexibility index (Phi) is 5.29. The van der Waals surface area contributed by atoms with Gasteiger partial charge in [-0.15, -0.1) is 0 Å². The van der Waals surface area contributed by atoms with Crippen LogP contribution in [0.3, 0.4) is 0 Å². The molecule has 1 aliphatic rings. The van der Waals surface area contributed by atoms with Crippen molar-refractivity contribution in [1.29, 1.82) is 0 Å². The maximum absolute atomic E-state index is 5.91. The molecular formula is C14H22ClN3. The van der Waals surface area contributed by atoms with Crippen LogP contribution in [0.2, 0.25) is 5.02 Å². The van der Waals surface area contributed by atoms with Crippen molar-refractivity contribution in [2.45, 2.75) is 12.8 Å². The third-order valence-electron chi connectivity index (χ3n) is 3.49. The molecule has 0 aliphatic carbocycles. The smallest absolute Gasteiger partial charge is 0.0407 e. The van der Waals surface area contributed by atoms with E-state index in [1.54, 1.807) is 0 Å². The third-order valence-corrected chi connectivity index (χ3v) is 3.74. The van der Waals surface area contributed by atoms with Crippen molar-refractivity contribution in [3.63, 3.8) is 0 Å². The fraction of sp³-hybridized carbons (Fsp3) is 0.571. The molecule has 4 heteroatoms. The second kappa shape index (κ2) is 6.98. The average Bonchev–Trinajstić information content (AvgIpc) is 2.41. The molecule has 1 aromatic rings. The molecule has 0 spiro atoms. The van der Waals surface area contributed by atoms with Crippen molar-refractivity contribution in [3.8, 4) is 0 Å². The summed E-state index contributed by atoms with van der Waals surface area (Å²) in [4.78, 5) is 4.96. The van der Waals surface area contributed by atoms with Crippen LogP contribution in [-0.4, -0.2) is 44.2 Å². The van der Waals surface area contributed by atoms with Gasteiger partial charge in [-0.1, -0.05) is 11.6 Å². The molecule has 1 saturated heterocycles. The van der Waals surface area contributed by atoms with Gasteiger partial charge in [0.05, 0.1) is 0 Å². The summed E-state index contributed by atoms with van der Waals surface area (Å²) < 4.78 is 0. The first-order valence-electron chi connectivity index (χ1n) is 6.72. The Morgan fingerprint density at radius 2 is 1.67 bits per heavy atom. The zero-order valence-corrected chi connectivity index (χ0v) is 11.6. The van der Waals surface area contributed by atoms with Crippen LogP contribution in [0.5, 0.6) is 0 Å². The van der Waals surface area contributed by atoms with Gasteiger partial charge in [0, 0.05) is 36.9 Å². The Labute approximate surface area is 115 Å². The van der Waals surface area contributed by atoms with Gasteiger partial charge in [-0.3, -0.25) is 4.90 Å². The van der Waals surface area contributed by atoms with E-state index in [0.717, 1.165) is 44.2 Å². The highest BCUT2D eigenvalue weighted by Gasteiger charge is 2.16. The quantitative estimate of drug-likeness (QED) is 0.831. The Morgan fingerprint density at radius 3 is 2.28 bits per heavy atom. The minimum Gasteiger partial charge on any atom is -0.369 e. The molecule has 0 radical (unpaired) electrons. The minimum atomic E-state index is 0.805. The van der Waals surface area contributed by atoms with Crippen LogP contribution in [0.15, 0.2) is 24.3 Å². The number of piperazine rings is 1.